The van der Waals surface area contributed by atoms with Crippen LogP contribution in [0.15, 0.2) is 27.8 Å². The van der Waals surface area contributed by atoms with Crippen molar-refractivity contribution in [3.63, 3.8) is 0 Å². The molecular weight excluding hydrogens is 493 g/mol. The topological polar surface area (TPSA) is 129 Å². The van der Waals surface area contributed by atoms with Gasteiger partial charge in [0.05, 0.1) is 25.6 Å². The van der Waals surface area contributed by atoms with Gasteiger partial charge in [-0.25, -0.2) is 18.5 Å². The average molecular weight is 522 g/mol. The Morgan fingerprint density at radius 1 is 1.25 bits per heavy atom. The number of thiophene rings is 1. The number of hydrogen-bond acceptors (Lipinski definition) is 8. The highest BCUT2D eigenvalue weighted by molar-refractivity contribution is 7.20. The zero-order valence-corrected chi connectivity index (χ0v) is 21.4. The van der Waals surface area contributed by atoms with Crippen LogP contribution in [0.3, 0.4) is 0 Å². The predicted octanol–water partition coefficient (Wildman–Crippen LogP) is 2.29. The summed E-state index contributed by atoms with van der Waals surface area (Å²) in [6.07, 6.45) is -1.42. The van der Waals surface area contributed by atoms with E-state index < -0.39 is 47.6 Å². The first-order valence-electron chi connectivity index (χ1n) is 11.3. The molecule has 1 amide bonds. The molecule has 2 aromatic heterocycles. The van der Waals surface area contributed by atoms with E-state index in [0.717, 1.165) is 26.5 Å². The third-order valence-electron chi connectivity index (χ3n) is 5.73. The van der Waals surface area contributed by atoms with E-state index in [9.17, 15) is 28.7 Å². The van der Waals surface area contributed by atoms with Crippen molar-refractivity contribution in [3.05, 3.63) is 60.9 Å². The van der Waals surface area contributed by atoms with Crippen LogP contribution in [-0.4, -0.2) is 46.4 Å². The number of aliphatic hydroxyl groups is 1. The number of esters is 1. The number of aromatic nitrogens is 2. The monoisotopic (exact) mass is 521 g/mol. The summed E-state index contributed by atoms with van der Waals surface area (Å²) in [6, 6.07) is 2.43. The maximum atomic E-state index is 13.9. The number of methoxy groups -OCH3 is 1. The van der Waals surface area contributed by atoms with Crippen molar-refractivity contribution in [2.24, 2.45) is 0 Å². The molecule has 2 atom stereocenters. The number of hydrogen-bond donors (Lipinski definition) is 2. The van der Waals surface area contributed by atoms with Crippen LogP contribution in [0.25, 0.3) is 10.2 Å². The smallest absolute Gasteiger partial charge is 0.348 e. The quantitative estimate of drug-likeness (QED) is 0.414. The van der Waals surface area contributed by atoms with E-state index >= 15 is 0 Å². The number of aryl methyl sites for hydroxylation is 1. The summed E-state index contributed by atoms with van der Waals surface area (Å²) in [7, 11) is 1.36. The first kappa shape index (κ1) is 27.1. The SMILES string of the molecule is CCNC(=O)C(C)n1c(=O)c2c(C)c(C(=O)OCC)sc2n(C[C@H](O)c2cc(F)ccc2OC)c1=O. The van der Waals surface area contributed by atoms with Gasteiger partial charge in [-0.1, -0.05) is 0 Å². The zero-order chi connectivity index (χ0) is 26.7. The molecule has 12 heteroatoms. The number of rotatable bonds is 9. The molecule has 0 saturated carbocycles. The van der Waals surface area contributed by atoms with Crippen LogP contribution < -0.4 is 21.3 Å². The van der Waals surface area contributed by atoms with E-state index in [1.54, 1.807) is 20.8 Å². The first-order chi connectivity index (χ1) is 17.1. The number of benzene rings is 1. The second-order valence-corrected chi connectivity index (χ2v) is 9.00. The molecule has 0 aliphatic heterocycles. The fraction of sp³-hybridized carbons (Fsp3) is 0.417. The second kappa shape index (κ2) is 11.0. The number of likely N-dealkylation sites (N-methyl/N-ethyl adjacent to an activating group) is 1. The van der Waals surface area contributed by atoms with Crippen LogP contribution in [0.5, 0.6) is 5.75 Å². The third-order valence-corrected chi connectivity index (χ3v) is 7.02. The highest BCUT2D eigenvalue weighted by Crippen LogP contribution is 2.31. The van der Waals surface area contributed by atoms with Gasteiger partial charge in [0.2, 0.25) is 5.91 Å². The molecule has 1 aromatic carbocycles. The summed E-state index contributed by atoms with van der Waals surface area (Å²) >= 11 is 0.874. The number of ether oxygens (including phenoxy) is 2. The van der Waals surface area contributed by atoms with Crippen molar-refractivity contribution >= 4 is 33.4 Å². The first-order valence-corrected chi connectivity index (χ1v) is 12.1. The van der Waals surface area contributed by atoms with Crippen molar-refractivity contribution < 1.29 is 28.6 Å². The Balaban J connectivity index is 2.30. The van der Waals surface area contributed by atoms with Gasteiger partial charge in [0.25, 0.3) is 5.56 Å². The minimum atomic E-state index is -1.42. The van der Waals surface area contributed by atoms with Gasteiger partial charge in [0, 0.05) is 12.1 Å². The molecule has 0 fully saturated rings. The standard InChI is InChI=1S/C24H28FN3O7S/c1-6-26-20(30)13(4)28-21(31)18-12(3)19(23(32)35-7-2)36-22(18)27(24(28)33)11-16(29)15-10-14(25)8-9-17(15)34-5/h8-10,13,16,29H,6-7,11H2,1-5H3,(H,26,30)/t13?,16-/m0/s1. The van der Waals surface area contributed by atoms with Gasteiger partial charge in [-0.05, 0) is 51.5 Å². The summed E-state index contributed by atoms with van der Waals surface area (Å²) in [5, 5.41) is 13.6. The Hall–Kier alpha value is -3.51. The number of amides is 1. The van der Waals surface area contributed by atoms with Gasteiger partial charge >= 0.3 is 11.7 Å². The Morgan fingerprint density at radius 2 is 1.94 bits per heavy atom. The molecule has 3 rings (SSSR count). The average Bonchev–Trinajstić information content (AvgIpc) is 3.19. The van der Waals surface area contributed by atoms with Crippen LogP contribution in [0.4, 0.5) is 4.39 Å². The minimum Gasteiger partial charge on any atom is -0.496 e. The van der Waals surface area contributed by atoms with E-state index in [0.29, 0.717) is 5.56 Å². The molecule has 0 bridgehead atoms. The maximum Gasteiger partial charge on any atom is 0.348 e. The third kappa shape index (κ3) is 4.91. The summed E-state index contributed by atoms with van der Waals surface area (Å²) in [6.45, 7) is 6.29. The van der Waals surface area contributed by atoms with Gasteiger partial charge < -0.3 is 19.9 Å². The number of nitrogens with one attached hydrogen (secondary N) is 1. The number of carbonyl (C=O) groups excluding carboxylic acids is 2. The van der Waals surface area contributed by atoms with E-state index in [-0.39, 0.29) is 39.6 Å². The van der Waals surface area contributed by atoms with Gasteiger partial charge in [0.1, 0.15) is 33.4 Å². The Bertz CT molecular complexity index is 1430. The zero-order valence-electron chi connectivity index (χ0n) is 20.6. The number of carbonyl (C=O) groups is 2. The van der Waals surface area contributed by atoms with Crippen molar-refractivity contribution in [1.82, 2.24) is 14.5 Å². The lowest BCUT2D eigenvalue weighted by Gasteiger charge is -2.20. The number of aliphatic hydroxyl groups excluding tert-OH is 1. The normalized spacial score (nSPS) is 12.9. The Labute approximate surface area is 209 Å². The minimum absolute atomic E-state index is 0.0530. The fourth-order valence-electron chi connectivity index (χ4n) is 3.93. The molecule has 0 saturated heterocycles. The maximum absolute atomic E-state index is 13.9. The molecule has 0 aliphatic carbocycles. The van der Waals surface area contributed by atoms with Crippen LogP contribution in [0.1, 0.15) is 53.7 Å². The Morgan fingerprint density at radius 3 is 2.56 bits per heavy atom. The molecule has 1 unspecified atom stereocenters. The molecule has 194 valence electrons. The molecule has 2 heterocycles. The lowest BCUT2D eigenvalue weighted by molar-refractivity contribution is -0.123. The molecular formula is C24H28FN3O7S. The lowest BCUT2D eigenvalue weighted by atomic mass is 10.1. The molecule has 0 aliphatic rings. The van der Waals surface area contributed by atoms with E-state index in [1.165, 1.54) is 26.2 Å². The lowest BCUT2D eigenvalue weighted by Crippen LogP contribution is -2.46. The van der Waals surface area contributed by atoms with Crippen LogP contribution >= 0.6 is 11.3 Å². The summed E-state index contributed by atoms with van der Waals surface area (Å²) in [5.74, 6) is -1.63. The molecule has 0 spiro atoms. The fourth-order valence-corrected chi connectivity index (χ4v) is 5.13. The molecule has 10 nitrogen and oxygen atoms in total. The largest absolute Gasteiger partial charge is 0.496 e. The number of nitrogens with zero attached hydrogens (tertiary/aromatic N) is 2. The Kier molecular flexibility index (Phi) is 8.31. The summed E-state index contributed by atoms with van der Waals surface area (Å²) in [5.41, 5.74) is -1.22. The van der Waals surface area contributed by atoms with Gasteiger partial charge in [-0.3, -0.25) is 14.2 Å². The molecule has 3 aromatic rings. The number of halogens is 1. The van der Waals surface area contributed by atoms with E-state index in [4.69, 9.17) is 9.47 Å². The van der Waals surface area contributed by atoms with Crippen molar-refractivity contribution in [2.45, 2.75) is 46.4 Å². The number of fused-ring (bicyclic) bond motifs is 1. The second-order valence-electron chi connectivity index (χ2n) is 8.00. The van der Waals surface area contributed by atoms with Crippen molar-refractivity contribution in [3.8, 4) is 5.75 Å². The highest BCUT2D eigenvalue weighted by atomic mass is 32.1. The van der Waals surface area contributed by atoms with Gasteiger partial charge in [-0.2, -0.15) is 0 Å². The van der Waals surface area contributed by atoms with Crippen molar-refractivity contribution in [1.29, 1.82) is 0 Å². The van der Waals surface area contributed by atoms with E-state index in [1.807, 2.05) is 0 Å². The molecule has 2 N–H and O–H groups in total. The van der Waals surface area contributed by atoms with Gasteiger partial charge in [-0.15, -0.1) is 11.3 Å². The van der Waals surface area contributed by atoms with Gasteiger partial charge in [0.15, 0.2) is 0 Å². The van der Waals surface area contributed by atoms with Crippen LogP contribution in [-0.2, 0) is 16.1 Å². The van der Waals surface area contributed by atoms with Crippen LogP contribution in [0.2, 0.25) is 0 Å². The highest BCUT2D eigenvalue weighted by Gasteiger charge is 2.28. The molecule has 0 radical (unpaired) electrons. The van der Waals surface area contributed by atoms with Crippen LogP contribution in [0, 0.1) is 12.7 Å². The summed E-state index contributed by atoms with van der Waals surface area (Å²) in [4.78, 5) is 52.4. The predicted molar refractivity (Wildman–Crippen MR) is 132 cm³/mol. The van der Waals surface area contributed by atoms with E-state index in [2.05, 4.69) is 5.32 Å². The van der Waals surface area contributed by atoms with Crippen molar-refractivity contribution in [2.75, 3.05) is 20.3 Å². The summed E-state index contributed by atoms with van der Waals surface area (Å²) < 4.78 is 26.2. The molecule has 36 heavy (non-hydrogen) atoms.